The molecule has 6 heteroatoms. The summed E-state index contributed by atoms with van der Waals surface area (Å²) in [5.74, 6) is 0. The van der Waals surface area contributed by atoms with Crippen LogP contribution in [0.4, 0.5) is 0 Å². The van der Waals surface area contributed by atoms with Gasteiger partial charge in [-0.25, -0.2) is 15.0 Å². The number of hydrogen-bond donors (Lipinski definition) is 0. The second-order valence-corrected chi connectivity index (χ2v) is 18.3. The van der Waals surface area contributed by atoms with Crippen LogP contribution < -0.4 is 0 Å². The fourth-order valence-corrected chi connectivity index (χ4v) is 11.4. The van der Waals surface area contributed by atoms with Crippen LogP contribution in [0.15, 0.2) is 243 Å². The lowest BCUT2D eigenvalue weighted by atomic mass is 9.99. The molecule has 0 saturated heterocycles. The Hall–Kier alpha value is -9.65. The molecule has 0 N–H and O–H groups in total. The highest BCUT2D eigenvalue weighted by Crippen LogP contribution is 2.39. The standard InChI is InChI=1S/2C23H14N2.C19H12N2/c1-2-8-16-15(7-1)13-14-18-22(16)17-9-3-5-11-20(17)25-21-12-6-4-10-19(21)24-23(18)25;1-2-8-16-15(7-1)13-14-18-17-9-3-5-11-20(17)25-21-12-6-4-10-19(21)24-23(25)22(16)18;1-2-9-15-13(7-1)14-8-3-5-11-17(14)21-18-12-6-4-10-16(18)20-19(15)21/h2*1-14H;1-12H. The zero-order chi connectivity index (χ0) is 46.6. The molecule has 0 spiro atoms. The lowest BCUT2D eigenvalue weighted by Gasteiger charge is -2.11. The minimum Gasteiger partial charge on any atom is -0.292 e. The summed E-state index contributed by atoms with van der Waals surface area (Å²) in [5.41, 5.74) is 13.3. The van der Waals surface area contributed by atoms with Gasteiger partial charge < -0.3 is 0 Å². The van der Waals surface area contributed by atoms with Gasteiger partial charge in [0.15, 0.2) is 0 Å². The van der Waals surface area contributed by atoms with Crippen LogP contribution in [0.5, 0.6) is 0 Å². The van der Waals surface area contributed by atoms with E-state index >= 15 is 0 Å². The maximum atomic E-state index is 5.01. The van der Waals surface area contributed by atoms with E-state index < -0.39 is 0 Å². The van der Waals surface area contributed by atoms with Gasteiger partial charge in [0.1, 0.15) is 16.9 Å². The lowest BCUT2D eigenvalue weighted by Crippen LogP contribution is -1.92. The van der Waals surface area contributed by atoms with Gasteiger partial charge >= 0.3 is 0 Å². The fourth-order valence-electron chi connectivity index (χ4n) is 11.4. The minimum absolute atomic E-state index is 1.03. The molecule has 0 amide bonds. The van der Waals surface area contributed by atoms with E-state index in [0.29, 0.717) is 0 Å². The van der Waals surface area contributed by atoms with Gasteiger partial charge in [0.05, 0.1) is 49.7 Å². The number of nitrogens with zero attached hydrogens (tertiary/aromatic N) is 6. The zero-order valence-corrected chi connectivity index (χ0v) is 38.3. The summed E-state index contributed by atoms with van der Waals surface area (Å²) in [4.78, 5) is 14.8. The minimum atomic E-state index is 1.03. The van der Waals surface area contributed by atoms with Gasteiger partial charge in [-0.15, -0.1) is 0 Å². The molecular formula is C65H40N6. The molecule has 17 rings (SSSR count). The van der Waals surface area contributed by atoms with E-state index in [1.54, 1.807) is 0 Å². The molecule has 71 heavy (non-hydrogen) atoms. The molecule has 6 aromatic heterocycles. The number of imidazole rings is 3. The second-order valence-electron chi connectivity index (χ2n) is 18.3. The van der Waals surface area contributed by atoms with Crippen LogP contribution in [0.2, 0.25) is 0 Å². The molecule has 0 atom stereocenters. The van der Waals surface area contributed by atoms with E-state index in [1.165, 1.54) is 86.6 Å². The molecule has 0 radical (unpaired) electrons. The van der Waals surface area contributed by atoms with E-state index in [-0.39, 0.29) is 0 Å². The molecule has 11 aromatic carbocycles. The lowest BCUT2D eigenvalue weighted by molar-refractivity contribution is 1.31. The number of para-hydroxylation sites is 9. The van der Waals surface area contributed by atoms with E-state index in [9.17, 15) is 0 Å². The Balaban J connectivity index is 0.0000000959. The van der Waals surface area contributed by atoms with Gasteiger partial charge in [-0.1, -0.05) is 182 Å². The molecule has 17 aromatic rings. The summed E-state index contributed by atoms with van der Waals surface area (Å²) < 4.78 is 6.87. The average molecular weight is 905 g/mol. The monoisotopic (exact) mass is 904 g/mol. The van der Waals surface area contributed by atoms with Gasteiger partial charge in [-0.2, -0.15) is 0 Å². The molecular weight excluding hydrogens is 865 g/mol. The molecule has 330 valence electrons. The van der Waals surface area contributed by atoms with E-state index in [0.717, 1.165) is 50.0 Å². The number of benzene rings is 11. The fraction of sp³-hybridized carbons (Fsp3) is 0. The van der Waals surface area contributed by atoms with Gasteiger partial charge in [0, 0.05) is 37.7 Å². The van der Waals surface area contributed by atoms with Crippen molar-refractivity contribution >= 4 is 137 Å². The molecule has 0 unspecified atom stereocenters. The Bertz CT molecular complexity index is 5020. The number of pyridine rings is 3. The average Bonchev–Trinajstić information content (AvgIpc) is 4.16. The number of fused-ring (bicyclic) bond motifs is 28. The van der Waals surface area contributed by atoms with Gasteiger partial charge in [-0.05, 0) is 93.0 Å². The first-order chi connectivity index (χ1) is 35.3. The Morgan fingerprint density at radius 1 is 0.197 bits per heavy atom. The molecule has 0 saturated carbocycles. The van der Waals surface area contributed by atoms with Gasteiger partial charge in [0.2, 0.25) is 0 Å². The molecule has 0 bridgehead atoms. The largest absolute Gasteiger partial charge is 0.292 e. The van der Waals surface area contributed by atoms with Crippen molar-refractivity contribution in [2.75, 3.05) is 0 Å². The van der Waals surface area contributed by atoms with Crippen LogP contribution in [-0.4, -0.2) is 28.2 Å². The van der Waals surface area contributed by atoms with Crippen molar-refractivity contribution in [2.45, 2.75) is 0 Å². The highest BCUT2D eigenvalue weighted by atomic mass is 15.0. The third kappa shape index (κ3) is 5.85. The smallest absolute Gasteiger partial charge is 0.147 e. The zero-order valence-electron chi connectivity index (χ0n) is 38.3. The first-order valence-electron chi connectivity index (χ1n) is 24.1. The van der Waals surface area contributed by atoms with Crippen molar-refractivity contribution < 1.29 is 0 Å². The maximum Gasteiger partial charge on any atom is 0.147 e. The van der Waals surface area contributed by atoms with Crippen LogP contribution in [-0.2, 0) is 0 Å². The molecule has 0 fully saturated rings. The SMILES string of the molecule is c1ccc2c(c1)ccc1c2c2ccccc2n2c3ccccc3nc12.c1ccc2c(c1)ccc1c3ccccc3n3c4ccccc4nc3c21.c1ccc2c(c1)nc1c3ccccc3c3ccccc3n21. The predicted molar refractivity (Wildman–Crippen MR) is 298 cm³/mol. The highest BCUT2D eigenvalue weighted by Gasteiger charge is 2.17. The summed E-state index contributed by atoms with van der Waals surface area (Å²) in [6.07, 6.45) is 0. The van der Waals surface area contributed by atoms with Crippen LogP contribution >= 0.6 is 0 Å². The summed E-state index contributed by atoms with van der Waals surface area (Å²) >= 11 is 0. The van der Waals surface area contributed by atoms with Crippen molar-refractivity contribution in [2.24, 2.45) is 0 Å². The molecule has 0 aliphatic rings. The quantitative estimate of drug-likeness (QED) is 0.142. The Kier molecular flexibility index (Phi) is 8.56. The summed E-state index contributed by atoms with van der Waals surface area (Å²) in [5, 5.41) is 16.3. The molecule has 0 aliphatic carbocycles. The van der Waals surface area contributed by atoms with Crippen LogP contribution in [0, 0.1) is 0 Å². The van der Waals surface area contributed by atoms with Crippen molar-refractivity contribution in [1.29, 1.82) is 0 Å². The van der Waals surface area contributed by atoms with Crippen LogP contribution in [0.25, 0.3) is 137 Å². The van der Waals surface area contributed by atoms with E-state index in [2.05, 4.69) is 250 Å². The summed E-state index contributed by atoms with van der Waals surface area (Å²) in [6.45, 7) is 0. The van der Waals surface area contributed by atoms with Gasteiger partial charge in [-0.3, -0.25) is 13.2 Å². The van der Waals surface area contributed by atoms with Crippen molar-refractivity contribution in [3.05, 3.63) is 243 Å². The summed E-state index contributed by atoms with van der Waals surface area (Å²) in [6, 6.07) is 85.4. The van der Waals surface area contributed by atoms with Crippen LogP contribution in [0.1, 0.15) is 0 Å². The third-order valence-corrected chi connectivity index (χ3v) is 14.5. The number of rotatable bonds is 0. The topological polar surface area (TPSA) is 51.9 Å². The first-order valence-corrected chi connectivity index (χ1v) is 24.1. The number of hydrogen-bond acceptors (Lipinski definition) is 3. The molecule has 6 nitrogen and oxygen atoms in total. The maximum absolute atomic E-state index is 5.01. The van der Waals surface area contributed by atoms with Crippen molar-refractivity contribution in [3.63, 3.8) is 0 Å². The van der Waals surface area contributed by atoms with Crippen LogP contribution in [0.3, 0.4) is 0 Å². The molecule has 0 aliphatic heterocycles. The van der Waals surface area contributed by atoms with Crippen molar-refractivity contribution in [3.8, 4) is 0 Å². The molecule has 6 heterocycles. The van der Waals surface area contributed by atoms with Gasteiger partial charge in [0.25, 0.3) is 0 Å². The number of aromatic nitrogens is 6. The highest BCUT2D eigenvalue weighted by molar-refractivity contribution is 6.25. The van der Waals surface area contributed by atoms with Crippen molar-refractivity contribution in [1.82, 2.24) is 28.2 Å². The Morgan fingerprint density at radius 3 is 1.08 bits per heavy atom. The second kappa shape index (κ2) is 15.4. The van der Waals surface area contributed by atoms with E-state index in [4.69, 9.17) is 15.0 Å². The first kappa shape index (κ1) is 39.4. The normalized spacial score (nSPS) is 11.9. The third-order valence-electron chi connectivity index (χ3n) is 14.5. The Morgan fingerprint density at radius 2 is 0.535 bits per heavy atom. The summed E-state index contributed by atoms with van der Waals surface area (Å²) in [7, 11) is 0. The predicted octanol–water partition coefficient (Wildman–Crippen LogP) is 16.7. The Labute approximate surface area is 405 Å². The van der Waals surface area contributed by atoms with E-state index in [1.807, 2.05) is 6.07 Å².